The van der Waals surface area contributed by atoms with Gasteiger partial charge in [0, 0.05) is 16.7 Å². The first kappa shape index (κ1) is 14.9. The van der Waals surface area contributed by atoms with Crippen molar-refractivity contribution in [2.45, 2.75) is 0 Å². The molecule has 0 spiro atoms. The molecule has 0 saturated heterocycles. The Bertz CT molecular complexity index is 780. The van der Waals surface area contributed by atoms with Crippen molar-refractivity contribution in [3.05, 3.63) is 60.2 Å². The predicted molar refractivity (Wildman–Crippen MR) is 92.5 cm³/mol. The lowest BCUT2D eigenvalue weighted by atomic mass is 10.0. The van der Waals surface area contributed by atoms with Crippen LogP contribution in [0.25, 0.3) is 22.2 Å². The molecule has 112 valence electrons. The molecule has 0 atom stereocenters. The molecule has 3 rings (SSSR count). The van der Waals surface area contributed by atoms with Gasteiger partial charge in [0.05, 0.1) is 23.6 Å². The molecule has 0 saturated carbocycles. The number of aromatic amines is 1. The third-order valence-corrected chi connectivity index (χ3v) is 4.45. The topological polar surface area (TPSA) is 53.1 Å². The maximum absolute atomic E-state index is 12.7. The van der Waals surface area contributed by atoms with Crippen LogP contribution in [-0.2, 0) is 0 Å². The average molecular weight is 311 g/mol. The summed E-state index contributed by atoms with van der Waals surface area (Å²) in [6.07, 6.45) is 0. The fourth-order valence-corrected chi connectivity index (χ4v) is 3.16. The van der Waals surface area contributed by atoms with Crippen molar-refractivity contribution < 1.29 is 9.90 Å². The van der Waals surface area contributed by atoms with Crippen molar-refractivity contribution in [3.8, 4) is 11.3 Å². The van der Waals surface area contributed by atoms with E-state index < -0.39 is 0 Å². The van der Waals surface area contributed by atoms with E-state index in [-0.39, 0.29) is 12.4 Å². The molecule has 3 nitrogen and oxygen atoms in total. The van der Waals surface area contributed by atoms with Gasteiger partial charge in [-0.05, 0) is 11.6 Å². The number of fused-ring (bicyclic) bond motifs is 1. The molecule has 2 N–H and O–H groups in total. The van der Waals surface area contributed by atoms with E-state index in [9.17, 15) is 4.79 Å². The van der Waals surface area contributed by atoms with E-state index in [4.69, 9.17) is 5.11 Å². The molecule has 0 fully saturated rings. The van der Waals surface area contributed by atoms with Gasteiger partial charge in [0.1, 0.15) is 0 Å². The quantitative estimate of drug-likeness (QED) is 0.538. The van der Waals surface area contributed by atoms with Crippen molar-refractivity contribution in [1.82, 2.24) is 4.98 Å². The van der Waals surface area contributed by atoms with Crippen LogP contribution < -0.4 is 0 Å². The second kappa shape index (κ2) is 6.81. The maximum atomic E-state index is 12.7. The number of H-pyrrole nitrogens is 1. The molecule has 0 aliphatic carbocycles. The normalized spacial score (nSPS) is 11.0. The van der Waals surface area contributed by atoms with E-state index in [1.165, 1.54) is 11.8 Å². The van der Waals surface area contributed by atoms with Crippen LogP contribution in [-0.4, -0.2) is 34.0 Å². The van der Waals surface area contributed by atoms with Gasteiger partial charge in [-0.2, -0.15) is 11.8 Å². The Kier molecular flexibility index (Phi) is 4.61. The number of hydrogen-bond acceptors (Lipinski definition) is 3. The number of rotatable bonds is 6. The number of Topliss-reactive ketones (excluding diaryl/α,β-unsaturated/α-hetero) is 1. The first-order chi connectivity index (χ1) is 10.8. The Balaban J connectivity index is 2.07. The lowest BCUT2D eigenvalue weighted by molar-refractivity contribution is 0.102. The number of aliphatic hydroxyl groups is 1. The Labute approximate surface area is 133 Å². The Morgan fingerprint density at radius 2 is 1.77 bits per heavy atom. The van der Waals surface area contributed by atoms with E-state index in [1.807, 2.05) is 54.6 Å². The van der Waals surface area contributed by atoms with E-state index in [2.05, 4.69) is 4.98 Å². The van der Waals surface area contributed by atoms with Gasteiger partial charge in [-0.25, -0.2) is 0 Å². The number of aliphatic hydroxyl groups excluding tert-OH is 1. The summed E-state index contributed by atoms with van der Waals surface area (Å²) in [6, 6.07) is 17.8. The number of benzene rings is 2. The predicted octanol–water partition coefficient (Wildman–Crippen LogP) is 3.74. The SMILES string of the molecule is O=C(CSCCO)c1c(-c2ccccc2)[nH]c2ccccc12. The van der Waals surface area contributed by atoms with Crippen LogP contribution in [0.15, 0.2) is 54.6 Å². The molecule has 0 radical (unpaired) electrons. The van der Waals surface area contributed by atoms with Crippen LogP contribution in [0.3, 0.4) is 0 Å². The van der Waals surface area contributed by atoms with E-state index in [1.54, 1.807) is 0 Å². The summed E-state index contributed by atoms with van der Waals surface area (Å²) < 4.78 is 0. The Morgan fingerprint density at radius 1 is 1.05 bits per heavy atom. The standard InChI is InChI=1S/C18H17NO2S/c20-10-11-22-12-16(21)17-14-8-4-5-9-15(14)19-18(17)13-6-2-1-3-7-13/h1-9,19-20H,10-12H2. The zero-order chi connectivity index (χ0) is 15.4. The molecule has 2 aromatic carbocycles. The van der Waals surface area contributed by atoms with Crippen LogP contribution >= 0.6 is 11.8 Å². The summed E-state index contributed by atoms with van der Waals surface area (Å²) in [5, 5.41) is 9.83. The summed E-state index contributed by atoms with van der Waals surface area (Å²) in [4.78, 5) is 16.0. The zero-order valence-electron chi connectivity index (χ0n) is 12.1. The number of aromatic nitrogens is 1. The van der Waals surface area contributed by atoms with Gasteiger partial charge < -0.3 is 10.1 Å². The van der Waals surface area contributed by atoms with Gasteiger partial charge in [-0.1, -0.05) is 48.5 Å². The lowest BCUT2D eigenvalue weighted by Gasteiger charge is -2.04. The third-order valence-electron chi connectivity index (χ3n) is 3.52. The molecule has 3 aromatic rings. The minimum absolute atomic E-state index is 0.0924. The highest BCUT2D eigenvalue weighted by Gasteiger charge is 2.19. The third kappa shape index (κ3) is 2.93. The summed E-state index contributed by atoms with van der Waals surface area (Å²) in [5.41, 5.74) is 3.59. The average Bonchev–Trinajstić information content (AvgIpc) is 2.95. The Hall–Kier alpha value is -2.04. The van der Waals surface area contributed by atoms with Crippen LogP contribution in [0.4, 0.5) is 0 Å². The summed E-state index contributed by atoms with van der Waals surface area (Å²) in [7, 11) is 0. The number of nitrogens with one attached hydrogen (secondary N) is 1. The minimum Gasteiger partial charge on any atom is -0.396 e. The molecule has 0 bridgehead atoms. The molecular weight excluding hydrogens is 294 g/mol. The van der Waals surface area contributed by atoms with Gasteiger partial charge in [0.25, 0.3) is 0 Å². The number of carbonyl (C=O) groups excluding carboxylic acids is 1. The van der Waals surface area contributed by atoms with E-state index in [0.717, 1.165) is 27.7 Å². The fourth-order valence-electron chi connectivity index (χ4n) is 2.55. The van der Waals surface area contributed by atoms with Crippen LogP contribution in [0.1, 0.15) is 10.4 Å². The first-order valence-corrected chi connectivity index (χ1v) is 8.34. The molecule has 1 heterocycles. The zero-order valence-corrected chi connectivity index (χ0v) is 12.9. The molecule has 0 aliphatic rings. The largest absolute Gasteiger partial charge is 0.396 e. The monoisotopic (exact) mass is 311 g/mol. The first-order valence-electron chi connectivity index (χ1n) is 7.19. The van der Waals surface area contributed by atoms with Crippen LogP contribution in [0, 0.1) is 0 Å². The highest BCUT2D eigenvalue weighted by atomic mass is 32.2. The van der Waals surface area contributed by atoms with Crippen molar-refractivity contribution in [1.29, 1.82) is 0 Å². The molecule has 4 heteroatoms. The van der Waals surface area contributed by atoms with E-state index >= 15 is 0 Å². The van der Waals surface area contributed by atoms with Crippen molar-refractivity contribution in [2.75, 3.05) is 18.1 Å². The van der Waals surface area contributed by atoms with Gasteiger partial charge in [-0.15, -0.1) is 0 Å². The molecule has 22 heavy (non-hydrogen) atoms. The number of ketones is 1. The smallest absolute Gasteiger partial charge is 0.175 e. The molecule has 0 unspecified atom stereocenters. The van der Waals surface area contributed by atoms with E-state index in [0.29, 0.717) is 11.5 Å². The molecule has 0 aliphatic heterocycles. The summed E-state index contributed by atoms with van der Waals surface area (Å²) in [5.74, 6) is 1.05. The highest BCUT2D eigenvalue weighted by molar-refractivity contribution is 8.00. The van der Waals surface area contributed by atoms with Gasteiger partial charge in [-0.3, -0.25) is 4.79 Å². The van der Waals surface area contributed by atoms with Crippen molar-refractivity contribution >= 4 is 28.4 Å². The number of hydrogen-bond donors (Lipinski definition) is 2. The van der Waals surface area contributed by atoms with Crippen LogP contribution in [0.2, 0.25) is 0 Å². The second-order valence-corrected chi connectivity index (χ2v) is 6.09. The van der Waals surface area contributed by atoms with Crippen LogP contribution in [0.5, 0.6) is 0 Å². The maximum Gasteiger partial charge on any atom is 0.175 e. The second-order valence-electron chi connectivity index (χ2n) is 4.99. The van der Waals surface area contributed by atoms with Gasteiger partial charge in [0.15, 0.2) is 5.78 Å². The van der Waals surface area contributed by atoms with Crippen molar-refractivity contribution in [3.63, 3.8) is 0 Å². The molecule has 1 aromatic heterocycles. The molecular formula is C18H17NO2S. The van der Waals surface area contributed by atoms with Gasteiger partial charge >= 0.3 is 0 Å². The highest BCUT2D eigenvalue weighted by Crippen LogP contribution is 2.31. The Morgan fingerprint density at radius 3 is 2.55 bits per heavy atom. The minimum atomic E-state index is 0.0924. The summed E-state index contributed by atoms with van der Waals surface area (Å²) >= 11 is 1.46. The summed E-state index contributed by atoms with van der Waals surface area (Å²) in [6.45, 7) is 0.0946. The number of para-hydroxylation sites is 1. The molecule has 0 amide bonds. The van der Waals surface area contributed by atoms with Gasteiger partial charge in [0.2, 0.25) is 0 Å². The van der Waals surface area contributed by atoms with Crippen molar-refractivity contribution in [2.24, 2.45) is 0 Å². The number of carbonyl (C=O) groups is 1. The fraction of sp³-hybridized carbons (Fsp3) is 0.167. The number of thioether (sulfide) groups is 1. The lowest BCUT2D eigenvalue weighted by Crippen LogP contribution is -2.05.